The molecule has 2 nitrogen and oxygen atoms in total. The van der Waals surface area contributed by atoms with Crippen molar-refractivity contribution in [3.05, 3.63) is 29.8 Å². The van der Waals surface area contributed by atoms with Gasteiger partial charge in [0.05, 0.1) is 7.11 Å². The summed E-state index contributed by atoms with van der Waals surface area (Å²) in [6, 6.07) is 8.03. The van der Waals surface area contributed by atoms with Gasteiger partial charge in [0.1, 0.15) is 5.75 Å². The monoisotopic (exact) mass is 221 g/mol. The highest BCUT2D eigenvalue weighted by Crippen LogP contribution is 2.31. The van der Waals surface area contributed by atoms with Gasteiger partial charge in [-0.1, -0.05) is 44.4 Å². The molecule has 16 heavy (non-hydrogen) atoms. The summed E-state index contributed by atoms with van der Waals surface area (Å²) in [5.41, 5.74) is 7.19. The van der Waals surface area contributed by atoms with Crippen molar-refractivity contribution in [2.75, 3.05) is 7.11 Å². The number of para-hydroxylation sites is 1. The van der Waals surface area contributed by atoms with Gasteiger partial charge >= 0.3 is 0 Å². The Balaban J connectivity index is 2.79. The van der Waals surface area contributed by atoms with E-state index in [0.717, 1.165) is 17.7 Å². The largest absolute Gasteiger partial charge is 0.496 e. The van der Waals surface area contributed by atoms with Crippen LogP contribution in [0.1, 0.15) is 45.1 Å². The van der Waals surface area contributed by atoms with Crippen molar-refractivity contribution >= 4 is 0 Å². The second-order valence-corrected chi connectivity index (χ2v) is 4.57. The Kier molecular flexibility index (Phi) is 4.81. The average molecular weight is 221 g/mol. The molecule has 0 amide bonds. The zero-order valence-corrected chi connectivity index (χ0v) is 10.6. The molecule has 0 aliphatic carbocycles. The zero-order chi connectivity index (χ0) is 12.0. The van der Waals surface area contributed by atoms with Gasteiger partial charge in [0.2, 0.25) is 0 Å². The number of benzene rings is 1. The van der Waals surface area contributed by atoms with Crippen LogP contribution in [-0.4, -0.2) is 7.11 Å². The Bertz CT molecular complexity index is 320. The Hall–Kier alpha value is -1.02. The number of methoxy groups -OCH3 is 1. The van der Waals surface area contributed by atoms with Gasteiger partial charge < -0.3 is 10.5 Å². The summed E-state index contributed by atoms with van der Waals surface area (Å²) in [5.74, 6) is 0.893. The molecule has 0 spiro atoms. The molecule has 0 radical (unpaired) electrons. The van der Waals surface area contributed by atoms with Crippen LogP contribution in [0.5, 0.6) is 5.75 Å². The molecule has 0 saturated heterocycles. The first-order chi connectivity index (χ1) is 7.61. The van der Waals surface area contributed by atoms with Gasteiger partial charge in [0.25, 0.3) is 0 Å². The lowest BCUT2D eigenvalue weighted by molar-refractivity contribution is 0.371. The van der Waals surface area contributed by atoms with E-state index in [0.29, 0.717) is 0 Å². The smallest absolute Gasteiger partial charge is 0.123 e. The van der Waals surface area contributed by atoms with E-state index < -0.39 is 0 Å². The molecule has 1 aromatic carbocycles. The Morgan fingerprint density at radius 2 is 1.94 bits per heavy atom. The van der Waals surface area contributed by atoms with Crippen LogP contribution in [0.4, 0.5) is 0 Å². The molecule has 1 rings (SSSR count). The molecular weight excluding hydrogens is 198 g/mol. The summed E-state index contributed by atoms with van der Waals surface area (Å²) in [6.45, 7) is 4.29. The minimum absolute atomic E-state index is 0.290. The van der Waals surface area contributed by atoms with E-state index in [9.17, 15) is 0 Å². The lowest BCUT2D eigenvalue weighted by atomic mass is 9.87. The van der Waals surface area contributed by atoms with Crippen LogP contribution in [0.3, 0.4) is 0 Å². The van der Waals surface area contributed by atoms with Gasteiger partial charge in [-0.25, -0.2) is 0 Å². The van der Waals surface area contributed by atoms with Crippen molar-refractivity contribution < 1.29 is 4.74 Å². The van der Waals surface area contributed by atoms with E-state index in [4.69, 9.17) is 10.5 Å². The predicted molar refractivity (Wildman–Crippen MR) is 68.7 cm³/mol. The van der Waals surface area contributed by atoms with E-state index in [2.05, 4.69) is 19.9 Å². The quantitative estimate of drug-likeness (QED) is 0.747. The number of hydrogen-bond acceptors (Lipinski definition) is 2. The molecule has 0 aliphatic heterocycles. The molecule has 90 valence electrons. The van der Waals surface area contributed by atoms with Crippen LogP contribution >= 0.6 is 0 Å². The number of nitrogens with two attached hydrogens (primary N) is 1. The summed E-state index contributed by atoms with van der Waals surface area (Å²) in [6.07, 6.45) is 4.63. The summed E-state index contributed by atoms with van der Waals surface area (Å²) in [7, 11) is 1.70. The van der Waals surface area contributed by atoms with Gasteiger partial charge in [-0.15, -0.1) is 0 Å². The summed E-state index contributed by atoms with van der Waals surface area (Å²) < 4.78 is 5.36. The van der Waals surface area contributed by atoms with E-state index in [1.165, 1.54) is 19.3 Å². The van der Waals surface area contributed by atoms with Crippen molar-refractivity contribution in [3.63, 3.8) is 0 Å². The third kappa shape index (κ3) is 3.24. The Morgan fingerprint density at radius 3 is 2.56 bits per heavy atom. The standard InChI is InChI=1S/C14H23NO/c1-4-5-8-11-14(2,15)12-9-6-7-10-13(12)16-3/h6-7,9-10H,4-5,8,11,15H2,1-3H3. The highest BCUT2D eigenvalue weighted by Gasteiger charge is 2.23. The highest BCUT2D eigenvalue weighted by atomic mass is 16.5. The Labute approximate surface area is 98.8 Å². The van der Waals surface area contributed by atoms with Crippen LogP contribution in [-0.2, 0) is 5.54 Å². The van der Waals surface area contributed by atoms with Crippen molar-refractivity contribution in [1.82, 2.24) is 0 Å². The van der Waals surface area contributed by atoms with Crippen molar-refractivity contribution in [3.8, 4) is 5.75 Å². The predicted octanol–water partition coefficient (Wildman–Crippen LogP) is 3.45. The molecule has 0 heterocycles. The SMILES string of the molecule is CCCCCC(C)(N)c1ccccc1OC. The minimum atomic E-state index is -0.290. The van der Waals surface area contributed by atoms with Crippen LogP contribution in [0.15, 0.2) is 24.3 Å². The lowest BCUT2D eigenvalue weighted by Gasteiger charge is -2.27. The molecule has 0 bridgehead atoms. The third-order valence-electron chi connectivity index (χ3n) is 3.02. The Morgan fingerprint density at radius 1 is 1.25 bits per heavy atom. The van der Waals surface area contributed by atoms with E-state index >= 15 is 0 Å². The summed E-state index contributed by atoms with van der Waals surface area (Å²) >= 11 is 0. The maximum absolute atomic E-state index is 6.38. The van der Waals surface area contributed by atoms with E-state index in [-0.39, 0.29) is 5.54 Å². The molecule has 0 saturated carbocycles. The molecule has 0 fully saturated rings. The van der Waals surface area contributed by atoms with E-state index in [1.54, 1.807) is 7.11 Å². The average Bonchev–Trinajstić information content (AvgIpc) is 2.29. The molecule has 0 aromatic heterocycles. The fraction of sp³-hybridized carbons (Fsp3) is 0.571. The molecule has 1 unspecified atom stereocenters. The summed E-state index contributed by atoms with van der Waals surface area (Å²) in [4.78, 5) is 0. The molecule has 1 aromatic rings. The van der Waals surface area contributed by atoms with Gasteiger partial charge in [-0.05, 0) is 19.4 Å². The van der Waals surface area contributed by atoms with Gasteiger partial charge in [0.15, 0.2) is 0 Å². The zero-order valence-electron chi connectivity index (χ0n) is 10.6. The maximum atomic E-state index is 6.38. The number of rotatable bonds is 6. The minimum Gasteiger partial charge on any atom is -0.496 e. The first kappa shape index (κ1) is 13.0. The molecule has 0 aliphatic rings. The summed E-state index contributed by atoms with van der Waals surface area (Å²) in [5, 5.41) is 0. The fourth-order valence-corrected chi connectivity index (χ4v) is 1.99. The van der Waals surface area contributed by atoms with E-state index in [1.807, 2.05) is 18.2 Å². The highest BCUT2D eigenvalue weighted by molar-refractivity contribution is 5.38. The van der Waals surface area contributed by atoms with Gasteiger partial charge in [-0.2, -0.15) is 0 Å². The van der Waals surface area contributed by atoms with Crippen molar-refractivity contribution in [2.45, 2.75) is 45.1 Å². The van der Waals surface area contributed by atoms with Crippen LogP contribution in [0, 0.1) is 0 Å². The third-order valence-corrected chi connectivity index (χ3v) is 3.02. The lowest BCUT2D eigenvalue weighted by Crippen LogP contribution is -2.33. The number of ether oxygens (including phenoxy) is 1. The second kappa shape index (κ2) is 5.90. The molecule has 2 N–H and O–H groups in total. The topological polar surface area (TPSA) is 35.2 Å². The second-order valence-electron chi connectivity index (χ2n) is 4.57. The van der Waals surface area contributed by atoms with Crippen LogP contribution in [0.25, 0.3) is 0 Å². The normalized spacial score (nSPS) is 14.5. The van der Waals surface area contributed by atoms with Gasteiger partial charge in [0, 0.05) is 11.1 Å². The van der Waals surface area contributed by atoms with Gasteiger partial charge in [-0.3, -0.25) is 0 Å². The molecular formula is C14H23NO. The number of unbranched alkanes of at least 4 members (excludes halogenated alkanes) is 2. The first-order valence-corrected chi connectivity index (χ1v) is 6.04. The number of hydrogen-bond donors (Lipinski definition) is 1. The molecule has 2 heteroatoms. The molecule has 1 atom stereocenters. The van der Waals surface area contributed by atoms with Crippen LogP contribution in [0.2, 0.25) is 0 Å². The first-order valence-electron chi connectivity index (χ1n) is 6.04. The van der Waals surface area contributed by atoms with Crippen molar-refractivity contribution in [1.29, 1.82) is 0 Å². The van der Waals surface area contributed by atoms with Crippen LogP contribution < -0.4 is 10.5 Å². The fourth-order valence-electron chi connectivity index (χ4n) is 1.99. The van der Waals surface area contributed by atoms with Crippen molar-refractivity contribution in [2.24, 2.45) is 5.73 Å². The maximum Gasteiger partial charge on any atom is 0.123 e.